The largest absolute Gasteiger partial charge is 0.370 e. The Bertz CT molecular complexity index is 522. The first kappa shape index (κ1) is 14.0. The number of amides is 1. The fourth-order valence-corrected chi connectivity index (χ4v) is 2.07. The topological polar surface area (TPSA) is 95.1 Å². The molecule has 17 heavy (non-hydrogen) atoms. The molecule has 0 aliphatic rings. The molecule has 1 heterocycles. The van der Waals surface area contributed by atoms with Crippen LogP contribution in [0.4, 0.5) is 0 Å². The van der Waals surface area contributed by atoms with Gasteiger partial charge in [-0.2, -0.15) is 0 Å². The third-order valence-corrected chi connectivity index (χ3v) is 3.32. The van der Waals surface area contributed by atoms with Gasteiger partial charge in [-0.25, -0.2) is 13.4 Å². The van der Waals surface area contributed by atoms with E-state index in [9.17, 15) is 13.2 Å². The summed E-state index contributed by atoms with van der Waals surface area (Å²) in [5, 5.41) is -0.202. The summed E-state index contributed by atoms with van der Waals surface area (Å²) in [4.78, 5) is 14.7. The molecule has 8 heteroatoms. The zero-order valence-electron chi connectivity index (χ0n) is 9.55. The van der Waals surface area contributed by atoms with Crippen LogP contribution in [0.15, 0.2) is 11.2 Å². The molecule has 0 radical (unpaired) electrons. The van der Waals surface area contributed by atoms with Crippen LogP contribution in [0.3, 0.4) is 0 Å². The summed E-state index contributed by atoms with van der Waals surface area (Å²) < 4.78 is 23.9. The smallest absolute Gasteiger partial charge is 0.280 e. The van der Waals surface area contributed by atoms with Crippen LogP contribution < -0.4 is 5.73 Å². The van der Waals surface area contributed by atoms with E-state index in [0.717, 1.165) is 0 Å². The number of nitrogens with zero attached hydrogens (tertiary/aromatic N) is 2. The predicted molar refractivity (Wildman–Crippen MR) is 63.2 cm³/mol. The third kappa shape index (κ3) is 3.71. The van der Waals surface area contributed by atoms with E-state index in [1.807, 2.05) is 13.8 Å². The Morgan fingerprint density at radius 3 is 2.59 bits per heavy atom. The number of carbonyl (C=O) groups excluding carboxylic acids is 1. The van der Waals surface area contributed by atoms with Crippen LogP contribution in [0.1, 0.15) is 32.0 Å². The quantitative estimate of drug-likeness (QED) is 0.807. The molecular weight excluding hydrogens is 266 g/mol. The maximum absolute atomic E-state index is 11.2. The van der Waals surface area contributed by atoms with Crippen LogP contribution in [0.5, 0.6) is 0 Å². The maximum Gasteiger partial charge on any atom is 0.280 e. The second-order valence-electron chi connectivity index (χ2n) is 3.94. The first-order valence-electron chi connectivity index (χ1n) is 5.02. The third-order valence-electron chi connectivity index (χ3n) is 2.15. The Balaban J connectivity index is 3.10. The molecule has 0 atom stereocenters. The van der Waals surface area contributed by atoms with Gasteiger partial charge < -0.3 is 10.3 Å². The Hall–Kier alpha value is -1.08. The van der Waals surface area contributed by atoms with Crippen LogP contribution in [0, 0.1) is 0 Å². The van der Waals surface area contributed by atoms with Crippen molar-refractivity contribution in [2.24, 2.45) is 5.73 Å². The van der Waals surface area contributed by atoms with E-state index >= 15 is 0 Å². The lowest BCUT2D eigenvalue weighted by molar-refractivity contribution is -0.118. The van der Waals surface area contributed by atoms with Crippen LogP contribution >= 0.6 is 10.7 Å². The van der Waals surface area contributed by atoms with Gasteiger partial charge in [0.25, 0.3) is 9.05 Å². The van der Waals surface area contributed by atoms with E-state index in [1.165, 1.54) is 6.20 Å². The molecule has 0 aliphatic carbocycles. The summed E-state index contributed by atoms with van der Waals surface area (Å²) in [6, 6.07) is 0. The first-order chi connectivity index (χ1) is 7.71. The van der Waals surface area contributed by atoms with Crippen molar-refractivity contribution in [1.29, 1.82) is 0 Å². The van der Waals surface area contributed by atoms with Crippen LogP contribution in [-0.4, -0.2) is 23.9 Å². The van der Waals surface area contributed by atoms with E-state index in [2.05, 4.69) is 4.98 Å². The molecule has 1 aromatic heterocycles. The van der Waals surface area contributed by atoms with Gasteiger partial charge >= 0.3 is 0 Å². The van der Waals surface area contributed by atoms with Crippen LogP contribution in [0.25, 0.3) is 0 Å². The van der Waals surface area contributed by atoms with Gasteiger partial charge in [-0.05, 0) is 0 Å². The first-order valence-corrected chi connectivity index (χ1v) is 7.32. The zero-order chi connectivity index (χ0) is 13.2. The molecule has 0 spiro atoms. The molecule has 6 nitrogen and oxygen atoms in total. The van der Waals surface area contributed by atoms with E-state index in [-0.39, 0.29) is 17.4 Å². The van der Waals surface area contributed by atoms with Crippen LogP contribution in [0.2, 0.25) is 0 Å². The summed E-state index contributed by atoms with van der Waals surface area (Å²) in [5.41, 5.74) is 5.04. The van der Waals surface area contributed by atoms with Gasteiger partial charge in [0, 0.05) is 35.8 Å². The van der Waals surface area contributed by atoms with Gasteiger partial charge in [-0.15, -0.1) is 0 Å². The molecule has 0 saturated heterocycles. The molecular formula is C9H14ClN3O3S. The highest BCUT2D eigenvalue weighted by atomic mass is 35.7. The van der Waals surface area contributed by atoms with Gasteiger partial charge in [0.05, 0.1) is 0 Å². The number of hydrogen-bond acceptors (Lipinski definition) is 4. The molecule has 0 unspecified atom stereocenters. The molecule has 0 saturated carbocycles. The van der Waals surface area contributed by atoms with Crippen molar-refractivity contribution in [3.63, 3.8) is 0 Å². The number of primary amides is 1. The second-order valence-corrected chi connectivity index (χ2v) is 6.45. The van der Waals surface area contributed by atoms with Crippen molar-refractivity contribution in [2.75, 3.05) is 0 Å². The molecule has 0 aromatic carbocycles. The minimum Gasteiger partial charge on any atom is -0.370 e. The van der Waals surface area contributed by atoms with Crippen molar-refractivity contribution in [1.82, 2.24) is 9.55 Å². The second kappa shape index (κ2) is 5.05. The lowest BCUT2D eigenvalue weighted by Gasteiger charge is -2.08. The number of aryl methyl sites for hydroxylation is 1. The molecule has 0 bridgehead atoms. The van der Waals surface area contributed by atoms with Gasteiger partial charge in [0.1, 0.15) is 5.82 Å². The molecule has 2 N–H and O–H groups in total. The number of carbonyl (C=O) groups is 1. The number of hydrogen-bond donors (Lipinski definition) is 1. The zero-order valence-corrected chi connectivity index (χ0v) is 11.1. The number of nitrogens with two attached hydrogens (primary N) is 1. The lowest BCUT2D eigenvalue weighted by Crippen LogP contribution is -2.15. The van der Waals surface area contributed by atoms with Crippen molar-refractivity contribution >= 4 is 25.6 Å². The Morgan fingerprint density at radius 2 is 2.18 bits per heavy atom. The number of halogens is 1. The summed E-state index contributed by atoms with van der Waals surface area (Å²) in [7, 11) is 1.36. The monoisotopic (exact) mass is 279 g/mol. The normalized spacial score (nSPS) is 12.0. The Morgan fingerprint density at radius 1 is 1.59 bits per heavy atom. The van der Waals surface area contributed by atoms with E-state index in [0.29, 0.717) is 12.4 Å². The molecule has 1 aromatic rings. The van der Waals surface area contributed by atoms with Crippen molar-refractivity contribution in [2.45, 2.75) is 37.8 Å². The Kier molecular flexibility index (Phi) is 4.16. The number of rotatable bonds is 5. The molecule has 96 valence electrons. The molecule has 0 aliphatic heterocycles. The molecule has 1 amide bonds. The van der Waals surface area contributed by atoms with E-state index in [1.54, 1.807) is 4.57 Å². The number of imidazole rings is 1. The highest BCUT2D eigenvalue weighted by molar-refractivity contribution is 8.13. The fraction of sp³-hybridized carbons (Fsp3) is 0.556. The summed E-state index contributed by atoms with van der Waals surface area (Å²) >= 11 is 0. The van der Waals surface area contributed by atoms with E-state index in [4.69, 9.17) is 16.4 Å². The summed E-state index contributed by atoms with van der Waals surface area (Å²) in [6.45, 7) is 4.03. The molecule has 1 rings (SSSR count). The SMILES string of the molecule is CC(C)c1nc(S(=O)(=O)Cl)cn1CCC(N)=O. The van der Waals surface area contributed by atoms with E-state index < -0.39 is 15.0 Å². The summed E-state index contributed by atoms with van der Waals surface area (Å²) in [5.74, 6) is 0.129. The predicted octanol–water partition coefficient (Wildman–Crippen LogP) is 0.809. The van der Waals surface area contributed by atoms with Gasteiger partial charge in [0.2, 0.25) is 5.91 Å². The minimum absolute atomic E-state index is 0.0232. The fourth-order valence-electron chi connectivity index (χ4n) is 1.39. The molecule has 0 fully saturated rings. The van der Waals surface area contributed by atoms with Crippen LogP contribution in [-0.2, 0) is 20.4 Å². The summed E-state index contributed by atoms with van der Waals surface area (Å²) in [6.07, 6.45) is 1.44. The standard InChI is InChI=1S/C9H14ClN3O3S/c1-6(2)9-12-8(17(10,15)16)5-13(9)4-3-7(11)14/h5-6H,3-4H2,1-2H3,(H2,11,14). The average molecular weight is 280 g/mol. The lowest BCUT2D eigenvalue weighted by atomic mass is 10.2. The van der Waals surface area contributed by atoms with Crippen molar-refractivity contribution in [3.8, 4) is 0 Å². The van der Waals surface area contributed by atoms with Gasteiger partial charge in [-0.1, -0.05) is 13.8 Å². The van der Waals surface area contributed by atoms with Gasteiger partial charge in [-0.3, -0.25) is 4.79 Å². The highest BCUT2D eigenvalue weighted by Crippen LogP contribution is 2.20. The average Bonchev–Trinajstić information content (AvgIpc) is 2.57. The minimum atomic E-state index is -3.85. The van der Waals surface area contributed by atoms with Gasteiger partial charge in [0.15, 0.2) is 5.03 Å². The number of aromatic nitrogens is 2. The Labute approximate surface area is 104 Å². The maximum atomic E-state index is 11.2. The van der Waals surface area contributed by atoms with Crippen molar-refractivity contribution in [3.05, 3.63) is 12.0 Å². The highest BCUT2D eigenvalue weighted by Gasteiger charge is 2.19. The van der Waals surface area contributed by atoms with Crippen molar-refractivity contribution < 1.29 is 13.2 Å².